The topological polar surface area (TPSA) is 170 Å². The summed E-state index contributed by atoms with van der Waals surface area (Å²) < 4.78 is 81.9. The molecule has 1 aromatic rings. The number of amides is 3. The van der Waals surface area contributed by atoms with Gasteiger partial charge in [-0.3, -0.25) is 19.2 Å². The van der Waals surface area contributed by atoms with Gasteiger partial charge < -0.3 is 41.2 Å². The van der Waals surface area contributed by atoms with E-state index in [1.54, 1.807) is 0 Å². The molecule has 12 nitrogen and oxygen atoms in total. The maximum Gasteiger partial charge on any atom is 0.313 e. The number of nitrogens with one attached hydrogen (secondary N) is 4. The number of esters is 1. The molecule has 0 saturated carbocycles. The van der Waals surface area contributed by atoms with E-state index in [0.29, 0.717) is 52.0 Å². The van der Waals surface area contributed by atoms with Crippen molar-refractivity contribution in [3.8, 4) is 5.75 Å². The highest BCUT2D eigenvalue weighted by Crippen LogP contribution is 2.29. The second-order valence-electron chi connectivity index (χ2n) is 13.7. The van der Waals surface area contributed by atoms with Crippen LogP contribution in [0.3, 0.4) is 0 Å². The summed E-state index contributed by atoms with van der Waals surface area (Å²) in [6.45, 7) is 12.0. The molecule has 0 aliphatic heterocycles. The van der Waals surface area contributed by atoms with Crippen LogP contribution in [-0.2, 0) is 28.7 Å². The molecule has 0 radical (unpaired) electrons. The van der Waals surface area contributed by atoms with Gasteiger partial charge in [0, 0.05) is 51.6 Å². The van der Waals surface area contributed by atoms with Gasteiger partial charge in [-0.15, -0.1) is 0 Å². The van der Waals surface area contributed by atoms with Gasteiger partial charge in [-0.25, -0.2) is 13.2 Å². The van der Waals surface area contributed by atoms with Gasteiger partial charge in [-0.05, 0) is 90.0 Å². The molecule has 1 rings (SSSR count). The lowest BCUT2D eigenvalue weighted by Gasteiger charge is -2.19. The Morgan fingerprint density at radius 2 is 1.22 bits per heavy atom. The maximum atomic E-state index is 13.6. The van der Waals surface area contributed by atoms with Crippen LogP contribution in [0.1, 0.15) is 129 Å². The quantitative estimate of drug-likeness (QED) is 0.00942. The zero-order chi connectivity index (χ0) is 43.4. The minimum atomic E-state index is -2.34. The fourth-order valence-corrected chi connectivity index (χ4v) is 5.18. The van der Waals surface area contributed by atoms with Gasteiger partial charge >= 0.3 is 5.97 Å². The molecule has 334 valence electrons. The highest BCUT2D eigenvalue weighted by molar-refractivity contribution is 5.87. The molecule has 1 atom stereocenters. The molecule has 1 unspecified atom stereocenters. The molecule has 0 spiro atoms. The summed E-state index contributed by atoms with van der Waals surface area (Å²) >= 11 is 0. The predicted octanol–water partition coefficient (Wildman–Crippen LogP) is 6.78. The van der Waals surface area contributed by atoms with Crippen LogP contribution in [0.4, 0.5) is 22.0 Å². The number of hydrogen-bond acceptors (Lipinski definition) is 9. The van der Waals surface area contributed by atoms with Crippen molar-refractivity contribution in [3.63, 3.8) is 0 Å². The first kappa shape index (κ1) is 54.2. The van der Waals surface area contributed by atoms with Crippen LogP contribution >= 0.6 is 0 Å². The second kappa shape index (κ2) is 36.3. The lowest BCUT2D eigenvalue weighted by Crippen LogP contribution is -2.47. The van der Waals surface area contributed by atoms with Crippen LogP contribution < -0.4 is 31.7 Å². The molecule has 0 fully saturated rings. The summed E-state index contributed by atoms with van der Waals surface area (Å²) in [5.41, 5.74) is 6.22. The first-order chi connectivity index (χ1) is 27.9. The van der Waals surface area contributed by atoms with Crippen molar-refractivity contribution in [2.24, 2.45) is 5.73 Å². The Kier molecular flexibility index (Phi) is 33.9. The lowest BCUT2D eigenvalue weighted by molar-refractivity contribution is -0.136. The third-order valence-electron chi connectivity index (χ3n) is 8.57. The van der Waals surface area contributed by atoms with Crippen LogP contribution in [0.2, 0.25) is 0 Å². The van der Waals surface area contributed by atoms with E-state index in [0.717, 1.165) is 83.0 Å². The summed E-state index contributed by atoms with van der Waals surface area (Å²) in [6.07, 6.45) is 14.4. The van der Waals surface area contributed by atoms with Crippen LogP contribution in [0.25, 0.3) is 0 Å². The third kappa shape index (κ3) is 27.0. The van der Waals surface area contributed by atoms with Gasteiger partial charge in [0.25, 0.3) is 0 Å². The number of carbonyl (C=O) groups is 4. The lowest BCUT2D eigenvalue weighted by atomic mass is 10.1. The van der Waals surface area contributed by atoms with Gasteiger partial charge in [0.15, 0.2) is 0 Å². The van der Waals surface area contributed by atoms with E-state index < -0.39 is 53.3 Å². The van der Waals surface area contributed by atoms with Gasteiger partial charge in [0.1, 0.15) is 6.04 Å². The molecule has 58 heavy (non-hydrogen) atoms. The minimum Gasteiger partial charge on any atom is -0.420 e. The van der Waals surface area contributed by atoms with E-state index in [4.69, 9.17) is 15.2 Å². The SMILES string of the molecule is C=C(CCCC)NCCCCC(NC(=O)CCCNC=O)C(=O)NCCCCCOCCCCCOCCC(=O)Oc1c(F)c(F)c(F)c(F)c1F.CCCCCN. The van der Waals surface area contributed by atoms with Crippen molar-refractivity contribution in [1.82, 2.24) is 21.3 Å². The minimum absolute atomic E-state index is 0.157. The van der Waals surface area contributed by atoms with Crippen molar-refractivity contribution in [3.05, 3.63) is 41.4 Å². The summed E-state index contributed by atoms with van der Waals surface area (Å²) in [5.74, 6) is -14.5. The number of rotatable bonds is 35. The molecule has 0 saturated heterocycles. The zero-order valence-electron chi connectivity index (χ0n) is 34.6. The summed E-state index contributed by atoms with van der Waals surface area (Å²) in [7, 11) is 0. The molecule has 0 heterocycles. The molecule has 0 bridgehead atoms. The average Bonchev–Trinajstić information content (AvgIpc) is 3.21. The monoisotopic (exact) mass is 838 g/mol. The number of ether oxygens (including phenoxy) is 3. The Morgan fingerprint density at radius 3 is 1.81 bits per heavy atom. The Hall–Kier alpha value is -3.83. The van der Waals surface area contributed by atoms with Crippen molar-refractivity contribution in [2.75, 3.05) is 52.6 Å². The van der Waals surface area contributed by atoms with Crippen molar-refractivity contribution in [2.45, 2.75) is 135 Å². The highest BCUT2D eigenvalue weighted by atomic mass is 19.2. The molecule has 6 N–H and O–H groups in total. The highest BCUT2D eigenvalue weighted by Gasteiger charge is 2.28. The fraction of sp³-hybridized carbons (Fsp3) is 0.707. The van der Waals surface area contributed by atoms with Crippen LogP contribution in [0.5, 0.6) is 5.75 Å². The fourth-order valence-electron chi connectivity index (χ4n) is 5.18. The molecule has 0 aliphatic rings. The third-order valence-corrected chi connectivity index (χ3v) is 8.57. The van der Waals surface area contributed by atoms with Crippen molar-refractivity contribution in [1.29, 1.82) is 0 Å². The Bertz CT molecular complexity index is 1280. The Labute approximate surface area is 341 Å². The molecule has 3 amide bonds. The molecular weight excluding hydrogens is 769 g/mol. The van der Waals surface area contributed by atoms with E-state index in [-0.39, 0.29) is 31.4 Å². The van der Waals surface area contributed by atoms with E-state index >= 15 is 0 Å². The number of halogens is 5. The maximum absolute atomic E-state index is 13.6. The summed E-state index contributed by atoms with van der Waals surface area (Å²) in [6, 6.07) is -0.635. The number of unbranched alkanes of at least 4 members (excludes halogenated alkanes) is 8. The molecule has 17 heteroatoms. The summed E-state index contributed by atoms with van der Waals surface area (Å²) in [5, 5.41) is 11.6. The standard InChI is InChI=1S/C36H55F5N4O7.C5H13N/c1-3-4-14-26(2)43-19-9-7-15-27(45-28(47)16-13-18-42-25-46)36(49)44-20-8-5-10-21-50-22-11-6-12-23-51-24-17-29(48)52-35-33(40)31(38)30(37)32(39)34(35)41;1-2-3-4-5-6/h25,27,43H,2-24H2,1H3,(H,42,46)(H,44,49)(H,45,47);2-6H2,1H3. The molecule has 0 aromatic heterocycles. The van der Waals surface area contributed by atoms with Crippen molar-refractivity contribution >= 4 is 24.2 Å². The Balaban J connectivity index is 0.00000499. The van der Waals surface area contributed by atoms with Crippen LogP contribution in [0, 0.1) is 29.1 Å². The molecule has 0 aliphatic carbocycles. The van der Waals surface area contributed by atoms with Gasteiger partial charge in [-0.1, -0.05) is 39.7 Å². The first-order valence-corrected chi connectivity index (χ1v) is 20.7. The smallest absolute Gasteiger partial charge is 0.313 e. The number of nitrogens with two attached hydrogens (primary N) is 1. The number of hydrogen-bond donors (Lipinski definition) is 5. The van der Waals surface area contributed by atoms with Gasteiger partial charge in [0.05, 0.1) is 13.0 Å². The number of allylic oxidation sites excluding steroid dienone is 1. The van der Waals surface area contributed by atoms with E-state index in [9.17, 15) is 41.1 Å². The number of benzene rings is 1. The summed E-state index contributed by atoms with van der Waals surface area (Å²) in [4.78, 5) is 47.4. The van der Waals surface area contributed by atoms with Crippen molar-refractivity contribution < 1.29 is 55.3 Å². The van der Waals surface area contributed by atoms with Crippen LogP contribution in [0.15, 0.2) is 12.3 Å². The van der Waals surface area contributed by atoms with E-state index in [1.807, 2.05) is 0 Å². The first-order valence-electron chi connectivity index (χ1n) is 20.7. The number of carbonyl (C=O) groups excluding carboxylic acids is 4. The predicted molar refractivity (Wildman–Crippen MR) is 213 cm³/mol. The molecule has 1 aromatic carbocycles. The zero-order valence-corrected chi connectivity index (χ0v) is 34.6. The Morgan fingerprint density at radius 1 is 0.655 bits per heavy atom. The largest absolute Gasteiger partial charge is 0.420 e. The normalized spacial score (nSPS) is 11.2. The molecular formula is C41H68F5N5O7. The van der Waals surface area contributed by atoms with Crippen LogP contribution in [-0.4, -0.2) is 82.8 Å². The van der Waals surface area contributed by atoms with E-state index in [2.05, 4.69) is 46.4 Å². The average molecular weight is 838 g/mol. The van der Waals surface area contributed by atoms with E-state index in [1.165, 1.54) is 19.3 Å². The van der Waals surface area contributed by atoms with Gasteiger partial charge in [-0.2, -0.15) is 8.78 Å². The van der Waals surface area contributed by atoms with Gasteiger partial charge in [0.2, 0.25) is 53.1 Å². The second-order valence-corrected chi connectivity index (χ2v) is 13.7.